The average Bonchev–Trinajstić information content (AvgIpc) is 1.85. The molecule has 4 N–H and O–H groups in total. The lowest BCUT2D eigenvalue weighted by Crippen LogP contribution is -1.81. The molecule has 0 heterocycles. The van der Waals surface area contributed by atoms with Gasteiger partial charge in [-0.1, -0.05) is 0 Å². The third kappa shape index (κ3) is 87.9. The van der Waals surface area contributed by atoms with Gasteiger partial charge in [0.05, 0.1) is 0 Å². The summed E-state index contributed by atoms with van der Waals surface area (Å²) in [6.45, 7) is 0. The maximum Gasteiger partial charge on any atom is 0.503 e. The zero-order chi connectivity index (χ0) is 12.6. The molecule has 14 heavy (non-hydrogen) atoms. The van der Waals surface area contributed by atoms with E-state index in [2.05, 4.69) is 0 Å². The molecule has 0 aromatic rings. The molecule has 0 saturated heterocycles. The maximum absolute atomic E-state index is 8.56. The van der Waals surface area contributed by atoms with Crippen LogP contribution >= 0.6 is 0 Å². The molecule has 10 heteroatoms. The normalized spacial score (nSPS) is 4.57. The van der Waals surface area contributed by atoms with Gasteiger partial charge in [-0.25, -0.2) is 9.59 Å². The van der Waals surface area contributed by atoms with Crippen LogP contribution in [0.1, 0.15) is 0 Å². The number of hydrogen-bond acceptors (Lipinski definition) is 6. The van der Waals surface area contributed by atoms with Crippen molar-refractivity contribution in [2.75, 3.05) is 0 Å². The van der Waals surface area contributed by atoms with Gasteiger partial charge in [0.2, 0.25) is 0 Å². The van der Waals surface area contributed by atoms with E-state index in [1.54, 1.807) is 0 Å². The molecule has 0 unspecified atom stereocenters. The quantitative estimate of drug-likeness (QED) is 0.399. The van der Waals surface area contributed by atoms with Crippen LogP contribution in [0.2, 0.25) is 0 Å². The Morgan fingerprint density at radius 3 is 0.643 bits per heavy atom. The Balaban J connectivity index is -0.0000000482. The van der Waals surface area contributed by atoms with Crippen LogP contribution in [0.15, 0.2) is 0 Å². The van der Waals surface area contributed by atoms with Gasteiger partial charge in [0.1, 0.15) is 0 Å². The first-order chi connectivity index (χ1) is 6.29. The molecule has 0 aromatic heterocycles. The predicted octanol–water partition coefficient (Wildman–Crippen LogP) is -0.722. The molecule has 0 aliphatic carbocycles. The fourth-order valence-corrected chi connectivity index (χ4v) is 0. The minimum absolute atomic E-state index is 0.250. The Bertz CT molecular complexity index is 172. The Hall–Kier alpha value is -2.70. The van der Waals surface area contributed by atoms with Crippen LogP contribution in [-0.4, -0.2) is 45.0 Å². The summed E-state index contributed by atoms with van der Waals surface area (Å²) in [5, 5.41) is 27.9. The van der Waals surface area contributed by atoms with E-state index in [9.17, 15) is 0 Å². The second kappa shape index (κ2) is 31.7. The van der Waals surface area contributed by atoms with E-state index >= 15 is 0 Å². The monoisotopic (exact) mass is 212 g/mol. The number of carbonyl (C=O) groups excluding carboxylic acids is 4. The molecule has 0 fully saturated rings. The zero-order valence-electron chi connectivity index (χ0n) is 6.24. The van der Waals surface area contributed by atoms with E-state index in [0.29, 0.717) is 0 Å². The Kier molecular flexibility index (Phi) is 51.0. The van der Waals surface area contributed by atoms with Crippen molar-refractivity contribution >= 4 is 24.6 Å². The zero-order valence-corrected chi connectivity index (χ0v) is 6.24. The van der Waals surface area contributed by atoms with Crippen molar-refractivity contribution in [2.45, 2.75) is 0 Å². The molecule has 0 bridgehead atoms. The molecular formula is C4H4O10. The maximum atomic E-state index is 8.56. The fraction of sp³-hybridized carbons (Fsp3) is 0. The number of hydrogen-bond donors (Lipinski definition) is 4. The van der Waals surface area contributed by atoms with Crippen LogP contribution in [0, 0.1) is 0 Å². The number of rotatable bonds is 0. The van der Waals surface area contributed by atoms with E-state index < -0.39 is 12.3 Å². The van der Waals surface area contributed by atoms with Crippen molar-refractivity contribution in [3.05, 3.63) is 0 Å². The highest BCUT2D eigenvalue weighted by Gasteiger charge is 1.70. The molecular weight excluding hydrogens is 208 g/mol. The number of carbonyl (C=O) groups is 2. The fourth-order valence-electron chi connectivity index (χ4n) is 0. The van der Waals surface area contributed by atoms with Crippen LogP contribution in [-0.2, 0) is 19.2 Å². The van der Waals surface area contributed by atoms with Gasteiger partial charge in [-0.15, -0.1) is 0 Å². The molecule has 0 saturated carbocycles. The van der Waals surface area contributed by atoms with E-state index in [0.717, 1.165) is 0 Å². The Morgan fingerprint density at radius 2 is 0.643 bits per heavy atom. The highest BCUT2D eigenvalue weighted by atomic mass is 16.6. The van der Waals surface area contributed by atoms with Crippen molar-refractivity contribution in [1.82, 2.24) is 0 Å². The van der Waals surface area contributed by atoms with E-state index in [4.69, 9.17) is 49.2 Å². The lowest BCUT2D eigenvalue weighted by molar-refractivity contribution is -0.193. The molecule has 80 valence electrons. The van der Waals surface area contributed by atoms with E-state index in [1.807, 2.05) is 0 Å². The van der Waals surface area contributed by atoms with Crippen molar-refractivity contribution in [3.8, 4) is 0 Å². The van der Waals surface area contributed by atoms with Crippen LogP contribution < -0.4 is 0 Å². The van der Waals surface area contributed by atoms with E-state index in [1.165, 1.54) is 0 Å². The third-order valence-electron chi connectivity index (χ3n) is 0. The first kappa shape index (κ1) is 22.5. The molecule has 0 aromatic carbocycles. The summed E-state index contributed by atoms with van der Waals surface area (Å²) in [6, 6.07) is 0. The SMILES string of the molecule is O=C(O)O.O=C(O)O.O=C=O.O=C=O. The van der Waals surface area contributed by atoms with Crippen LogP contribution in [0.5, 0.6) is 0 Å². The Labute approximate surface area is 75.0 Å². The van der Waals surface area contributed by atoms with Gasteiger partial charge >= 0.3 is 24.6 Å². The van der Waals surface area contributed by atoms with Crippen molar-refractivity contribution < 1.29 is 49.2 Å². The van der Waals surface area contributed by atoms with Gasteiger partial charge in [-0.2, -0.15) is 19.2 Å². The molecule has 0 amide bonds. The van der Waals surface area contributed by atoms with Gasteiger partial charge in [0, 0.05) is 0 Å². The van der Waals surface area contributed by atoms with Crippen molar-refractivity contribution in [3.63, 3.8) is 0 Å². The van der Waals surface area contributed by atoms with Crippen LogP contribution in [0.3, 0.4) is 0 Å². The summed E-state index contributed by atoms with van der Waals surface area (Å²) in [4.78, 5) is 49.6. The van der Waals surface area contributed by atoms with Gasteiger partial charge in [-0.05, 0) is 0 Å². The van der Waals surface area contributed by atoms with Gasteiger partial charge < -0.3 is 20.4 Å². The van der Waals surface area contributed by atoms with Gasteiger partial charge in [0.15, 0.2) is 0 Å². The number of carboxylic acid groups (broad SMARTS) is 4. The van der Waals surface area contributed by atoms with Crippen LogP contribution in [0.4, 0.5) is 9.59 Å². The average molecular weight is 212 g/mol. The third-order valence-corrected chi connectivity index (χ3v) is 0. The topological polar surface area (TPSA) is 183 Å². The van der Waals surface area contributed by atoms with Crippen molar-refractivity contribution in [1.29, 1.82) is 0 Å². The first-order valence-corrected chi connectivity index (χ1v) is 2.12. The molecule has 0 atom stereocenters. The van der Waals surface area contributed by atoms with Crippen molar-refractivity contribution in [2.24, 2.45) is 0 Å². The predicted molar refractivity (Wildman–Crippen MR) is 31.3 cm³/mol. The van der Waals surface area contributed by atoms with Crippen LogP contribution in [0.25, 0.3) is 0 Å². The largest absolute Gasteiger partial charge is 0.503 e. The molecule has 0 radical (unpaired) electrons. The summed E-state index contributed by atoms with van der Waals surface area (Å²) in [7, 11) is 0. The second-order valence-corrected chi connectivity index (χ2v) is 0.732. The summed E-state index contributed by atoms with van der Waals surface area (Å²) < 4.78 is 0. The van der Waals surface area contributed by atoms with Gasteiger partial charge in [0.25, 0.3) is 0 Å². The summed E-state index contributed by atoms with van der Waals surface area (Å²) in [5.41, 5.74) is 0. The summed E-state index contributed by atoms with van der Waals surface area (Å²) in [6.07, 6.45) is -3.17. The molecule has 0 aliphatic heterocycles. The smallest absolute Gasteiger partial charge is 0.450 e. The highest BCUT2D eigenvalue weighted by molar-refractivity contribution is 5.53. The Morgan fingerprint density at radius 1 is 0.643 bits per heavy atom. The molecule has 10 nitrogen and oxygen atoms in total. The molecule has 0 rings (SSSR count). The highest BCUT2D eigenvalue weighted by Crippen LogP contribution is 1.43. The molecule has 0 spiro atoms. The first-order valence-electron chi connectivity index (χ1n) is 2.12. The lowest BCUT2D eigenvalue weighted by atomic mass is 11.5. The minimum atomic E-state index is -1.83. The summed E-state index contributed by atoms with van der Waals surface area (Å²) >= 11 is 0. The standard InChI is InChI=1S/2CH2O3.2CO2/c2*2-1(3)4;2*2-1-3/h2*(H2,2,3,4);;. The second-order valence-electron chi connectivity index (χ2n) is 0.732. The minimum Gasteiger partial charge on any atom is -0.450 e. The summed E-state index contributed by atoms with van der Waals surface area (Å²) in [5.74, 6) is 0. The lowest BCUT2D eigenvalue weighted by Gasteiger charge is -1.60. The molecule has 0 aliphatic rings. The van der Waals surface area contributed by atoms with Gasteiger partial charge in [-0.3, -0.25) is 0 Å². The van der Waals surface area contributed by atoms with E-state index in [-0.39, 0.29) is 12.3 Å².